The highest BCUT2D eigenvalue weighted by Gasteiger charge is 2.03. The Morgan fingerprint density at radius 3 is 3.00 bits per heavy atom. The maximum atomic E-state index is 9.05. The van der Waals surface area contributed by atoms with Crippen LogP contribution >= 0.6 is 23.1 Å². The van der Waals surface area contributed by atoms with Gasteiger partial charge in [-0.1, -0.05) is 0 Å². The molecule has 0 aliphatic heterocycles. The minimum absolute atomic E-state index is 0.164. The monoisotopic (exact) mass is 219 g/mol. The lowest BCUT2D eigenvalue weighted by Gasteiger charge is -2.04. The maximum absolute atomic E-state index is 9.05. The normalized spacial score (nSPS) is 13.2. The summed E-state index contributed by atoms with van der Waals surface area (Å²) in [4.78, 5) is 4.29. The van der Waals surface area contributed by atoms with Gasteiger partial charge in [0.05, 0.1) is 23.4 Å². The van der Waals surface area contributed by atoms with E-state index in [9.17, 15) is 0 Å². The van der Waals surface area contributed by atoms with Crippen LogP contribution < -0.4 is 0 Å². The number of rotatable bonds is 5. The summed E-state index contributed by atoms with van der Waals surface area (Å²) in [7, 11) is 0. The number of nitrogens with zero attached hydrogens (tertiary/aromatic N) is 1. The quantitative estimate of drug-likeness (QED) is 0.777. The lowest BCUT2D eigenvalue weighted by molar-refractivity contribution is 0.113. The van der Waals surface area contributed by atoms with Crippen molar-refractivity contribution >= 4 is 23.1 Å². The van der Waals surface area contributed by atoms with E-state index in [4.69, 9.17) is 10.2 Å². The minimum Gasteiger partial charge on any atom is -0.394 e. The van der Waals surface area contributed by atoms with Crippen LogP contribution in [0.25, 0.3) is 0 Å². The fourth-order valence-electron chi connectivity index (χ4n) is 0.827. The van der Waals surface area contributed by atoms with Crippen LogP contribution in [0.15, 0.2) is 5.38 Å². The predicted molar refractivity (Wildman–Crippen MR) is 56.1 cm³/mol. The maximum Gasteiger partial charge on any atom is 0.0897 e. The minimum atomic E-state index is -0.607. The van der Waals surface area contributed by atoms with Gasteiger partial charge in [-0.05, 0) is 6.92 Å². The SMILES string of the molecule is Cc1nc(CSC[C@@H](O)CO)cs1. The highest BCUT2D eigenvalue weighted by Crippen LogP contribution is 2.15. The third-order valence-corrected chi connectivity index (χ3v) is 3.38. The second-order valence-corrected chi connectivity index (χ2v) is 4.80. The van der Waals surface area contributed by atoms with E-state index in [0.29, 0.717) is 5.75 Å². The smallest absolute Gasteiger partial charge is 0.0897 e. The van der Waals surface area contributed by atoms with Crippen molar-refractivity contribution in [2.45, 2.75) is 18.8 Å². The van der Waals surface area contributed by atoms with Crippen LogP contribution in [0.1, 0.15) is 10.7 Å². The number of aromatic nitrogens is 1. The molecule has 0 aliphatic carbocycles. The van der Waals surface area contributed by atoms with Crippen molar-refractivity contribution in [3.8, 4) is 0 Å². The van der Waals surface area contributed by atoms with Crippen LogP contribution in [0, 0.1) is 6.92 Å². The molecular formula is C8H13NO2S2. The largest absolute Gasteiger partial charge is 0.394 e. The molecule has 0 bridgehead atoms. The Balaban J connectivity index is 2.20. The Labute approximate surface area is 85.8 Å². The molecule has 0 amide bonds. The molecule has 0 fully saturated rings. The fourth-order valence-corrected chi connectivity index (χ4v) is 2.40. The summed E-state index contributed by atoms with van der Waals surface area (Å²) in [5.74, 6) is 1.37. The molecule has 0 saturated carbocycles. The predicted octanol–water partition coefficient (Wildman–Crippen LogP) is 1.04. The highest BCUT2D eigenvalue weighted by molar-refractivity contribution is 7.98. The highest BCUT2D eigenvalue weighted by atomic mass is 32.2. The lowest BCUT2D eigenvalue weighted by atomic mass is 10.4. The van der Waals surface area contributed by atoms with E-state index in [2.05, 4.69) is 4.98 Å². The molecular weight excluding hydrogens is 206 g/mol. The Hall–Kier alpha value is -0.100. The molecule has 0 saturated heterocycles. The topological polar surface area (TPSA) is 53.4 Å². The number of aryl methyl sites for hydroxylation is 1. The lowest BCUT2D eigenvalue weighted by Crippen LogP contribution is -2.14. The Bertz CT molecular complexity index is 252. The molecule has 1 aromatic rings. The summed E-state index contributed by atoms with van der Waals surface area (Å²) in [5, 5.41) is 20.7. The third kappa shape index (κ3) is 4.08. The molecule has 1 rings (SSSR count). The first-order chi connectivity index (χ1) is 6.22. The van der Waals surface area contributed by atoms with Gasteiger partial charge < -0.3 is 10.2 Å². The van der Waals surface area contributed by atoms with E-state index in [1.807, 2.05) is 12.3 Å². The standard InChI is InChI=1S/C8H13NO2S2/c1-6-9-7(4-13-6)3-12-5-8(11)2-10/h4,8,10-11H,2-3,5H2,1H3/t8-/m0/s1. The number of thiazole rings is 1. The van der Waals surface area contributed by atoms with E-state index >= 15 is 0 Å². The number of hydrogen-bond acceptors (Lipinski definition) is 5. The van der Waals surface area contributed by atoms with Crippen LogP contribution in [0.4, 0.5) is 0 Å². The summed E-state index contributed by atoms with van der Waals surface area (Å²) < 4.78 is 0. The number of thioether (sulfide) groups is 1. The second kappa shape index (κ2) is 5.59. The zero-order chi connectivity index (χ0) is 9.68. The fraction of sp³-hybridized carbons (Fsp3) is 0.625. The van der Waals surface area contributed by atoms with Gasteiger partial charge in [0.15, 0.2) is 0 Å². The van der Waals surface area contributed by atoms with E-state index in [0.717, 1.165) is 16.5 Å². The first-order valence-electron chi connectivity index (χ1n) is 4.00. The van der Waals surface area contributed by atoms with Crippen LogP contribution in [-0.4, -0.2) is 33.7 Å². The molecule has 5 heteroatoms. The van der Waals surface area contributed by atoms with Crippen molar-refractivity contribution < 1.29 is 10.2 Å². The van der Waals surface area contributed by atoms with Crippen molar-refractivity contribution in [3.63, 3.8) is 0 Å². The van der Waals surface area contributed by atoms with Gasteiger partial charge in [-0.15, -0.1) is 11.3 Å². The van der Waals surface area contributed by atoms with E-state index in [1.54, 1.807) is 23.1 Å². The van der Waals surface area contributed by atoms with Gasteiger partial charge in [0.2, 0.25) is 0 Å². The molecule has 0 radical (unpaired) electrons. The van der Waals surface area contributed by atoms with E-state index in [-0.39, 0.29) is 6.61 Å². The molecule has 0 aromatic carbocycles. The van der Waals surface area contributed by atoms with Crippen molar-refractivity contribution in [1.82, 2.24) is 4.98 Å². The van der Waals surface area contributed by atoms with Gasteiger partial charge in [0, 0.05) is 16.9 Å². The molecule has 0 unspecified atom stereocenters. The van der Waals surface area contributed by atoms with E-state index in [1.165, 1.54) is 0 Å². The molecule has 74 valence electrons. The Morgan fingerprint density at radius 2 is 2.46 bits per heavy atom. The first-order valence-corrected chi connectivity index (χ1v) is 6.03. The summed E-state index contributed by atoms with van der Waals surface area (Å²) in [6.07, 6.45) is -0.607. The molecule has 0 spiro atoms. The van der Waals surface area contributed by atoms with Gasteiger partial charge in [0.25, 0.3) is 0 Å². The second-order valence-electron chi connectivity index (χ2n) is 2.71. The van der Waals surface area contributed by atoms with Gasteiger partial charge in [-0.3, -0.25) is 0 Å². The van der Waals surface area contributed by atoms with Gasteiger partial charge in [-0.25, -0.2) is 4.98 Å². The molecule has 1 aromatic heterocycles. The zero-order valence-electron chi connectivity index (χ0n) is 7.43. The molecule has 3 nitrogen and oxygen atoms in total. The van der Waals surface area contributed by atoms with Crippen molar-refractivity contribution in [3.05, 3.63) is 16.1 Å². The molecule has 2 N–H and O–H groups in total. The summed E-state index contributed by atoms with van der Waals surface area (Å²) >= 11 is 3.22. The van der Waals surface area contributed by atoms with Crippen molar-refractivity contribution in [1.29, 1.82) is 0 Å². The number of aliphatic hydroxyl groups is 2. The Morgan fingerprint density at radius 1 is 1.69 bits per heavy atom. The average Bonchev–Trinajstić information content (AvgIpc) is 2.51. The summed E-state index contributed by atoms with van der Waals surface area (Å²) in [5.41, 5.74) is 1.05. The molecule has 0 aliphatic rings. The van der Waals surface area contributed by atoms with Crippen molar-refractivity contribution in [2.75, 3.05) is 12.4 Å². The summed E-state index contributed by atoms with van der Waals surface area (Å²) in [6, 6.07) is 0. The van der Waals surface area contributed by atoms with Crippen LogP contribution in [-0.2, 0) is 5.75 Å². The first kappa shape index (κ1) is 11.0. The van der Waals surface area contributed by atoms with Gasteiger partial charge >= 0.3 is 0 Å². The van der Waals surface area contributed by atoms with Gasteiger partial charge in [-0.2, -0.15) is 11.8 Å². The molecule has 1 heterocycles. The van der Waals surface area contributed by atoms with Gasteiger partial charge in [0.1, 0.15) is 0 Å². The summed E-state index contributed by atoms with van der Waals surface area (Å²) in [6.45, 7) is 1.81. The van der Waals surface area contributed by atoms with Crippen LogP contribution in [0.3, 0.4) is 0 Å². The number of aliphatic hydroxyl groups excluding tert-OH is 2. The number of hydrogen-bond donors (Lipinski definition) is 2. The molecule has 13 heavy (non-hydrogen) atoms. The van der Waals surface area contributed by atoms with Crippen LogP contribution in [0.2, 0.25) is 0 Å². The third-order valence-electron chi connectivity index (χ3n) is 1.44. The van der Waals surface area contributed by atoms with Crippen LogP contribution in [0.5, 0.6) is 0 Å². The zero-order valence-corrected chi connectivity index (χ0v) is 9.07. The van der Waals surface area contributed by atoms with E-state index < -0.39 is 6.10 Å². The Kier molecular flexibility index (Phi) is 4.72. The van der Waals surface area contributed by atoms with Crippen molar-refractivity contribution in [2.24, 2.45) is 0 Å². The average molecular weight is 219 g/mol. The molecule has 1 atom stereocenters.